The highest BCUT2D eigenvalue weighted by atomic mass is 32.1. The van der Waals surface area contributed by atoms with Crippen molar-refractivity contribution in [2.45, 2.75) is 46.6 Å². The number of hydrogen-bond acceptors (Lipinski definition) is 5. The van der Waals surface area contributed by atoms with Crippen LogP contribution in [0.4, 0.5) is 5.13 Å². The summed E-state index contributed by atoms with van der Waals surface area (Å²) in [5.74, 6) is 0.253. The van der Waals surface area contributed by atoms with Crippen LogP contribution < -0.4 is 5.32 Å². The van der Waals surface area contributed by atoms with E-state index >= 15 is 0 Å². The molecule has 0 saturated carbocycles. The van der Waals surface area contributed by atoms with Gasteiger partial charge in [-0.2, -0.15) is 0 Å². The summed E-state index contributed by atoms with van der Waals surface area (Å²) in [6.07, 6.45) is 2.28. The number of esters is 1. The Balaban J connectivity index is 2.77. The van der Waals surface area contributed by atoms with E-state index in [0.717, 1.165) is 22.9 Å². The maximum Gasteiger partial charge on any atom is 0.357 e. The molecule has 1 aromatic heterocycles. The molecule has 4 nitrogen and oxygen atoms in total. The molecule has 0 amide bonds. The number of methoxy groups -OCH3 is 1. The SMILES string of the molecule is CCC(CC)C(C)Nc1nc(C(=O)OC)c(C)s1. The molecule has 0 aromatic carbocycles. The fraction of sp³-hybridized carbons (Fsp3) is 0.692. The summed E-state index contributed by atoms with van der Waals surface area (Å²) in [6.45, 7) is 8.43. The summed E-state index contributed by atoms with van der Waals surface area (Å²) in [5, 5.41) is 4.18. The molecule has 18 heavy (non-hydrogen) atoms. The molecule has 0 fully saturated rings. The van der Waals surface area contributed by atoms with Gasteiger partial charge in [0, 0.05) is 10.9 Å². The largest absolute Gasteiger partial charge is 0.464 e. The van der Waals surface area contributed by atoms with E-state index in [0.29, 0.717) is 17.7 Å². The van der Waals surface area contributed by atoms with Crippen molar-refractivity contribution in [3.8, 4) is 0 Å². The zero-order valence-electron chi connectivity index (χ0n) is 11.7. The molecule has 0 aliphatic rings. The van der Waals surface area contributed by atoms with Crippen molar-refractivity contribution in [2.24, 2.45) is 5.92 Å². The van der Waals surface area contributed by atoms with E-state index in [4.69, 9.17) is 4.74 Å². The summed E-state index contributed by atoms with van der Waals surface area (Å²) in [4.78, 5) is 16.7. The van der Waals surface area contributed by atoms with Crippen LogP contribution in [0.5, 0.6) is 0 Å². The Morgan fingerprint density at radius 1 is 1.44 bits per heavy atom. The van der Waals surface area contributed by atoms with Gasteiger partial charge in [0.25, 0.3) is 0 Å². The van der Waals surface area contributed by atoms with E-state index < -0.39 is 0 Å². The van der Waals surface area contributed by atoms with Crippen LogP contribution >= 0.6 is 11.3 Å². The molecule has 1 heterocycles. The van der Waals surface area contributed by atoms with Crippen molar-refractivity contribution < 1.29 is 9.53 Å². The Bertz CT molecular complexity index is 400. The van der Waals surface area contributed by atoms with Crippen LogP contribution in [-0.2, 0) is 4.74 Å². The monoisotopic (exact) mass is 270 g/mol. The van der Waals surface area contributed by atoms with Crippen molar-refractivity contribution in [3.05, 3.63) is 10.6 Å². The Hall–Kier alpha value is -1.10. The predicted molar refractivity (Wildman–Crippen MR) is 75.3 cm³/mol. The summed E-state index contributed by atoms with van der Waals surface area (Å²) >= 11 is 1.50. The van der Waals surface area contributed by atoms with Crippen LogP contribution in [0.3, 0.4) is 0 Å². The molecular weight excluding hydrogens is 248 g/mol. The Morgan fingerprint density at radius 2 is 2.06 bits per heavy atom. The van der Waals surface area contributed by atoms with Gasteiger partial charge in [-0.05, 0) is 19.8 Å². The van der Waals surface area contributed by atoms with E-state index in [9.17, 15) is 4.79 Å². The van der Waals surface area contributed by atoms with Gasteiger partial charge in [-0.15, -0.1) is 11.3 Å². The first-order chi connectivity index (χ1) is 8.53. The number of ether oxygens (including phenoxy) is 1. The first-order valence-corrected chi connectivity index (χ1v) is 7.17. The minimum Gasteiger partial charge on any atom is -0.464 e. The van der Waals surface area contributed by atoms with E-state index in [1.165, 1.54) is 18.4 Å². The maximum absolute atomic E-state index is 11.5. The molecule has 0 bridgehead atoms. The number of nitrogens with one attached hydrogen (secondary N) is 1. The zero-order valence-corrected chi connectivity index (χ0v) is 12.6. The molecule has 1 N–H and O–H groups in total. The fourth-order valence-electron chi connectivity index (χ4n) is 2.05. The van der Waals surface area contributed by atoms with Gasteiger partial charge in [-0.3, -0.25) is 0 Å². The molecule has 1 unspecified atom stereocenters. The molecule has 5 heteroatoms. The highest BCUT2D eigenvalue weighted by Crippen LogP contribution is 2.25. The third-order valence-corrected chi connectivity index (χ3v) is 4.18. The molecule has 102 valence electrons. The average molecular weight is 270 g/mol. The Labute approximate surface area is 113 Å². The molecule has 0 radical (unpaired) electrons. The van der Waals surface area contributed by atoms with Gasteiger partial charge in [-0.25, -0.2) is 9.78 Å². The quantitative estimate of drug-likeness (QED) is 0.804. The third kappa shape index (κ3) is 3.45. The first kappa shape index (κ1) is 15.0. The minimum atomic E-state index is -0.369. The number of anilines is 1. The second-order valence-electron chi connectivity index (χ2n) is 4.42. The van der Waals surface area contributed by atoms with E-state index in [-0.39, 0.29) is 5.97 Å². The number of rotatable bonds is 6. The lowest BCUT2D eigenvalue weighted by Gasteiger charge is -2.21. The first-order valence-electron chi connectivity index (χ1n) is 6.35. The minimum absolute atomic E-state index is 0.357. The summed E-state index contributed by atoms with van der Waals surface area (Å²) < 4.78 is 4.70. The highest BCUT2D eigenvalue weighted by Gasteiger charge is 2.19. The standard InChI is InChI=1S/C13H22N2O2S/c1-6-10(7-2)8(3)14-13-15-11(9(4)18-13)12(16)17-5/h8,10H,6-7H2,1-5H3,(H,14,15). The van der Waals surface area contributed by atoms with Gasteiger partial charge in [0.2, 0.25) is 0 Å². The highest BCUT2D eigenvalue weighted by molar-refractivity contribution is 7.15. The lowest BCUT2D eigenvalue weighted by atomic mass is 9.96. The second-order valence-corrected chi connectivity index (χ2v) is 5.63. The van der Waals surface area contributed by atoms with Gasteiger partial charge >= 0.3 is 5.97 Å². The summed E-state index contributed by atoms with van der Waals surface area (Å²) in [5.41, 5.74) is 0.418. The molecule has 1 atom stereocenters. The number of aromatic nitrogens is 1. The number of thiazole rings is 1. The van der Waals surface area contributed by atoms with Gasteiger partial charge in [-0.1, -0.05) is 26.7 Å². The fourth-order valence-corrected chi connectivity index (χ4v) is 2.95. The lowest BCUT2D eigenvalue weighted by Crippen LogP contribution is -2.24. The Morgan fingerprint density at radius 3 is 2.56 bits per heavy atom. The van der Waals surface area contributed by atoms with Gasteiger partial charge in [0.15, 0.2) is 10.8 Å². The van der Waals surface area contributed by atoms with Gasteiger partial charge < -0.3 is 10.1 Å². The van der Waals surface area contributed by atoms with Gasteiger partial charge in [0.05, 0.1) is 7.11 Å². The van der Waals surface area contributed by atoms with Crippen molar-refractivity contribution in [3.63, 3.8) is 0 Å². The molecular formula is C13H22N2O2S. The predicted octanol–water partition coefficient (Wildman–Crippen LogP) is 3.47. The summed E-state index contributed by atoms with van der Waals surface area (Å²) in [6, 6.07) is 0.357. The molecule has 0 saturated heterocycles. The summed E-state index contributed by atoms with van der Waals surface area (Å²) in [7, 11) is 1.38. The number of aryl methyl sites for hydroxylation is 1. The molecule has 1 aromatic rings. The van der Waals surface area contributed by atoms with Crippen LogP contribution in [0, 0.1) is 12.8 Å². The molecule has 1 rings (SSSR count). The van der Waals surface area contributed by atoms with Gasteiger partial charge in [0.1, 0.15) is 0 Å². The smallest absolute Gasteiger partial charge is 0.357 e. The maximum atomic E-state index is 11.5. The van der Waals surface area contributed by atoms with E-state index in [2.05, 4.69) is 31.1 Å². The Kier molecular flexibility index (Phi) is 5.59. The third-order valence-electron chi connectivity index (χ3n) is 3.28. The molecule has 0 aliphatic carbocycles. The van der Waals surface area contributed by atoms with Crippen molar-refractivity contribution in [1.29, 1.82) is 0 Å². The number of carbonyl (C=O) groups is 1. The normalized spacial score (nSPS) is 12.6. The van der Waals surface area contributed by atoms with E-state index in [1.54, 1.807) is 0 Å². The number of carbonyl (C=O) groups excluding carboxylic acids is 1. The molecule has 0 aliphatic heterocycles. The van der Waals surface area contributed by atoms with Crippen LogP contribution in [0.2, 0.25) is 0 Å². The zero-order chi connectivity index (χ0) is 13.7. The van der Waals surface area contributed by atoms with Crippen molar-refractivity contribution in [1.82, 2.24) is 4.98 Å². The van der Waals surface area contributed by atoms with Crippen LogP contribution in [0.15, 0.2) is 0 Å². The van der Waals surface area contributed by atoms with Crippen LogP contribution in [0.1, 0.15) is 49.0 Å². The van der Waals surface area contributed by atoms with E-state index in [1.807, 2.05) is 6.92 Å². The van der Waals surface area contributed by atoms with Crippen molar-refractivity contribution in [2.75, 3.05) is 12.4 Å². The topological polar surface area (TPSA) is 51.2 Å². The molecule has 0 spiro atoms. The average Bonchev–Trinajstić information content (AvgIpc) is 2.70. The van der Waals surface area contributed by atoms with Crippen LogP contribution in [-0.4, -0.2) is 24.1 Å². The number of nitrogens with zero attached hydrogens (tertiary/aromatic N) is 1. The van der Waals surface area contributed by atoms with Crippen molar-refractivity contribution >= 4 is 22.4 Å². The number of hydrogen-bond donors (Lipinski definition) is 1. The second kappa shape index (κ2) is 6.73. The van der Waals surface area contributed by atoms with Crippen LogP contribution in [0.25, 0.3) is 0 Å². The lowest BCUT2D eigenvalue weighted by molar-refractivity contribution is 0.0594.